The second kappa shape index (κ2) is 8.02. The number of amides is 3. The van der Waals surface area contributed by atoms with Gasteiger partial charge in [-0.25, -0.2) is 9.69 Å². The van der Waals surface area contributed by atoms with Gasteiger partial charge in [0.15, 0.2) is 4.34 Å². The van der Waals surface area contributed by atoms with Gasteiger partial charge >= 0.3 is 12.0 Å². The van der Waals surface area contributed by atoms with E-state index in [0.717, 1.165) is 47.0 Å². The number of piperidine rings is 1. The summed E-state index contributed by atoms with van der Waals surface area (Å²) in [4.78, 5) is 34.9. The number of thioether (sulfide) groups is 1. The van der Waals surface area contributed by atoms with Crippen molar-refractivity contribution < 1.29 is 14.2 Å². The minimum absolute atomic E-state index is 0.219. The highest BCUT2D eigenvalue weighted by atomic mass is 32.2. The molecule has 1 aromatic heterocycles. The van der Waals surface area contributed by atoms with E-state index in [1.54, 1.807) is 30.1 Å². The molecule has 0 saturated carbocycles. The van der Waals surface area contributed by atoms with Crippen molar-refractivity contribution in [2.24, 2.45) is 10.9 Å². The summed E-state index contributed by atoms with van der Waals surface area (Å²) in [5.74, 6) is 2.59. The SMILES string of the molecule is Cc1nnc(SCCN2C(=[N+]3CCC(C)CC3)N=C3C2C(=O)N(C)C(=O)N3C)s1. The molecule has 9 nitrogen and oxygen atoms in total. The van der Waals surface area contributed by atoms with Gasteiger partial charge in [-0.05, 0) is 25.7 Å². The lowest BCUT2D eigenvalue weighted by Crippen LogP contribution is -2.63. The standard InChI is InChI=1S/C18H26N7O2S2/c1-11-5-7-24(8-6-11)16-19-14-13(15(26)23(4)18(27)22(14)3)25(16)9-10-28-17-21-20-12(2)29-17/h11,13H,5-10H2,1-4H3/q+1. The lowest BCUT2D eigenvalue weighted by Gasteiger charge is -2.33. The Morgan fingerprint density at radius 1 is 1.17 bits per heavy atom. The number of aromatic nitrogens is 2. The number of imide groups is 1. The van der Waals surface area contributed by atoms with Crippen LogP contribution in [0.1, 0.15) is 24.8 Å². The van der Waals surface area contributed by atoms with Crippen LogP contribution in [-0.2, 0) is 4.79 Å². The van der Waals surface area contributed by atoms with Crippen LogP contribution < -0.4 is 0 Å². The quantitative estimate of drug-likeness (QED) is 0.523. The summed E-state index contributed by atoms with van der Waals surface area (Å²) in [5, 5.41) is 9.17. The number of aryl methyl sites for hydroxylation is 1. The molecule has 11 heteroatoms. The summed E-state index contributed by atoms with van der Waals surface area (Å²) >= 11 is 3.21. The first kappa shape index (κ1) is 20.3. The molecule has 29 heavy (non-hydrogen) atoms. The summed E-state index contributed by atoms with van der Waals surface area (Å²) in [6.45, 7) is 6.69. The van der Waals surface area contributed by atoms with Gasteiger partial charge in [-0.15, -0.1) is 10.2 Å². The van der Waals surface area contributed by atoms with Gasteiger partial charge < -0.3 is 0 Å². The van der Waals surface area contributed by atoms with Gasteiger partial charge in [0.05, 0.1) is 19.6 Å². The van der Waals surface area contributed by atoms with Gasteiger partial charge in [0.1, 0.15) is 5.01 Å². The fraction of sp³-hybridized carbons (Fsp3) is 0.667. The van der Waals surface area contributed by atoms with Gasteiger partial charge in [0.25, 0.3) is 5.91 Å². The van der Waals surface area contributed by atoms with Gasteiger partial charge in [-0.1, -0.05) is 35.0 Å². The lowest BCUT2D eigenvalue weighted by molar-refractivity contribution is -0.545. The van der Waals surface area contributed by atoms with Crippen LogP contribution in [0.5, 0.6) is 0 Å². The highest BCUT2D eigenvalue weighted by Gasteiger charge is 2.55. The molecule has 1 unspecified atom stereocenters. The van der Waals surface area contributed by atoms with Crippen LogP contribution in [0.4, 0.5) is 4.79 Å². The molecule has 3 amide bonds. The molecular formula is C18H26N7O2S2+. The molecule has 0 aromatic carbocycles. The highest BCUT2D eigenvalue weighted by Crippen LogP contribution is 2.27. The molecule has 2 saturated heterocycles. The van der Waals surface area contributed by atoms with E-state index in [0.29, 0.717) is 18.3 Å². The topological polar surface area (TPSA) is 85.0 Å². The number of rotatable bonds is 4. The predicted octanol–water partition coefficient (Wildman–Crippen LogP) is 1.34. The molecule has 0 radical (unpaired) electrons. The van der Waals surface area contributed by atoms with Crippen molar-refractivity contribution in [2.75, 3.05) is 39.5 Å². The van der Waals surface area contributed by atoms with Crippen LogP contribution in [0.3, 0.4) is 0 Å². The van der Waals surface area contributed by atoms with Crippen LogP contribution >= 0.6 is 23.1 Å². The zero-order valence-electron chi connectivity index (χ0n) is 17.2. The largest absolute Gasteiger partial charge is 0.392 e. The van der Waals surface area contributed by atoms with Gasteiger partial charge in [-0.2, -0.15) is 0 Å². The fourth-order valence-corrected chi connectivity index (χ4v) is 5.67. The van der Waals surface area contributed by atoms with E-state index in [2.05, 4.69) is 26.6 Å². The Hall–Kier alpha value is -2.01. The molecule has 1 aromatic rings. The molecule has 3 aliphatic heterocycles. The number of urea groups is 1. The molecule has 4 heterocycles. The molecule has 1 atom stereocenters. The number of aliphatic imine (C=N–C) groups is 1. The molecule has 2 fully saturated rings. The zero-order chi connectivity index (χ0) is 20.7. The zero-order valence-corrected chi connectivity index (χ0v) is 18.8. The molecule has 0 spiro atoms. The van der Waals surface area contributed by atoms with Crippen molar-refractivity contribution in [3.8, 4) is 0 Å². The van der Waals surface area contributed by atoms with E-state index in [1.165, 1.54) is 16.8 Å². The van der Waals surface area contributed by atoms with E-state index < -0.39 is 6.04 Å². The molecule has 156 valence electrons. The van der Waals surface area contributed by atoms with Crippen molar-refractivity contribution in [1.82, 2.24) is 24.9 Å². The summed E-state index contributed by atoms with van der Waals surface area (Å²) in [6, 6.07) is -0.883. The maximum atomic E-state index is 13.0. The van der Waals surface area contributed by atoms with Gasteiger partial charge in [0, 0.05) is 19.8 Å². The smallest absolute Gasteiger partial charge is 0.270 e. The third-order valence-electron chi connectivity index (χ3n) is 5.64. The Bertz CT molecular complexity index is 887. The van der Waals surface area contributed by atoms with Crippen LogP contribution in [0.25, 0.3) is 0 Å². The van der Waals surface area contributed by atoms with Crippen LogP contribution in [-0.4, -0.2) is 98.7 Å². The minimum atomic E-state index is -0.547. The molecule has 0 N–H and O–H groups in total. The average molecular weight is 437 g/mol. The second-order valence-electron chi connectivity index (χ2n) is 7.71. The van der Waals surface area contributed by atoms with E-state index in [1.807, 2.05) is 6.92 Å². The maximum Gasteiger partial charge on any atom is 0.392 e. The third kappa shape index (κ3) is 3.77. The molecule has 3 aliphatic rings. The maximum absolute atomic E-state index is 13.0. The summed E-state index contributed by atoms with van der Waals surface area (Å²) < 4.78 is 3.19. The van der Waals surface area contributed by atoms with Crippen molar-refractivity contribution >= 4 is 46.8 Å². The first-order valence-electron chi connectivity index (χ1n) is 9.82. The molecular weight excluding hydrogens is 410 g/mol. The Labute approximate surface area is 178 Å². The summed E-state index contributed by atoms with van der Waals surface area (Å²) in [7, 11) is 3.23. The second-order valence-corrected chi connectivity index (χ2v) is 10.2. The van der Waals surface area contributed by atoms with Gasteiger partial charge in [0.2, 0.25) is 11.9 Å². The number of fused-ring (bicyclic) bond motifs is 1. The van der Waals surface area contributed by atoms with Crippen LogP contribution in [0, 0.1) is 12.8 Å². The summed E-state index contributed by atoms with van der Waals surface area (Å²) in [5.41, 5.74) is 0. The van der Waals surface area contributed by atoms with Crippen LogP contribution in [0.15, 0.2) is 9.33 Å². The Morgan fingerprint density at radius 3 is 2.55 bits per heavy atom. The molecule has 0 aliphatic carbocycles. The third-order valence-corrected chi connectivity index (χ3v) is 7.59. The van der Waals surface area contributed by atoms with E-state index in [-0.39, 0.29) is 11.9 Å². The highest BCUT2D eigenvalue weighted by molar-refractivity contribution is 8.01. The Kier molecular flexibility index (Phi) is 5.60. The van der Waals surface area contributed by atoms with Crippen molar-refractivity contribution in [3.63, 3.8) is 0 Å². The Balaban J connectivity index is 1.60. The average Bonchev–Trinajstić information content (AvgIpc) is 3.29. The van der Waals surface area contributed by atoms with Gasteiger partial charge in [-0.3, -0.25) is 19.2 Å². The number of carbonyl (C=O) groups is 2. The van der Waals surface area contributed by atoms with Crippen molar-refractivity contribution in [2.45, 2.75) is 37.1 Å². The number of likely N-dealkylation sites (N-methyl/N-ethyl adjacent to an activating group) is 2. The first-order chi connectivity index (χ1) is 13.9. The minimum Gasteiger partial charge on any atom is -0.270 e. The normalized spacial score (nSPS) is 25.1. The monoisotopic (exact) mass is 436 g/mol. The van der Waals surface area contributed by atoms with E-state index >= 15 is 0 Å². The fourth-order valence-electron chi connectivity index (χ4n) is 3.84. The number of hydrogen-bond donors (Lipinski definition) is 0. The lowest BCUT2D eigenvalue weighted by atomic mass is 10.0. The number of carbonyl (C=O) groups excluding carboxylic acids is 2. The number of hydrogen-bond acceptors (Lipinski definition) is 6. The summed E-state index contributed by atoms with van der Waals surface area (Å²) in [6.07, 6.45) is 2.21. The number of nitrogens with zero attached hydrogens (tertiary/aromatic N) is 7. The molecule has 0 bridgehead atoms. The number of amidine groups is 1. The van der Waals surface area contributed by atoms with Crippen molar-refractivity contribution in [3.05, 3.63) is 5.01 Å². The van der Waals surface area contributed by atoms with E-state index in [4.69, 9.17) is 4.99 Å². The number of guanidine groups is 1. The molecule has 4 rings (SSSR count). The predicted molar refractivity (Wildman–Crippen MR) is 113 cm³/mol. The van der Waals surface area contributed by atoms with Crippen LogP contribution in [0.2, 0.25) is 0 Å². The van der Waals surface area contributed by atoms with Crippen molar-refractivity contribution in [1.29, 1.82) is 0 Å². The first-order valence-corrected chi connectivity index (χ1v) is 11.6. The van der Waals surface area contributed by atoms with E-state index in [9.17, 15) is 9.59 Å². The Morgan fingerprint density at radius 2 is 1.90 bits per heavy atom.